The van der Waals surface area contributed by atoms with E-state index in [4.69, 9.17) is 0 Å². The Morgan fingerprint density at radius 2 is 1.83 bits per heavy atom. The van der Waals surface area contributed by atoms with Gasteiger partial charge in [-0.1, -0.05) is 31.2 Å². The van der Waals surface area contributed by atoms with Gasteiger partial charge in [-0.25, -0.2) is 4.90 Å². The minimum Gasteiger partial charge on any atom is -0.373 e. The molecule has 0 unspecified atom stereocenters. The van der Waals surface area contributed by atoms with Gasteiger partial charge in [0.2, 0.25) is 5.91 Å². The molecule has 0 aliphatic carbocycles. The third-order valence-corrected chi connectivity index (χ3v) is 4.61. The fourth-order valence-electron chi connectivity index (χ4n) is 2.67. The zero-order valence-corrected chi connectivity index (χ0v) is 14.3. The summed E-state index contributed by atoms with van der Waals surface area (Å²) in [4.78, 5) is 26.2. The summed E-state index contributed by atoms with van der Waals surface area (Å²) in [6.07, 6.45) is 1.13. The van der Waals surface area contributed by atoms with Gasteiger partial charge in [-0.15, -0.1) is 0 Å². The Morgan fingerprint density at radius 1 is 1.13 bits per heavy atom. The third-order valence-electron chi connectivity index (χ3n) is 3.94. The number of nitrogens with zero attached hydrogens (tertiary/aromatic N) is 1. The van der Waals surface area contributed by atoms with E-state index in [1.807, 2.05) is 42.5 Å². The summed E-state index contributed by atoms with van der Waals surface area (Å²) >= 11 is 3.40. The predicted octanol–water partition coefficient (Wildman–Crippen LogP) is 3.76. The van der Waals surface area contributed by atoms with Crippen molar-refractivity contribution in [2.75, 3.05) is 10.2 Å². The van der Waals surface area contributed by atoms with Crippen LogP contribution in [0.2, 0.25) is 0 Å². The number of imide groups is 1. The summed E-state index contributed by atoms with van der Waals surface area (Å²) in [5, 5.41) is 3.16. The molecule has 5 heteroatoms. The van der Waals surface area contributed by atoms with Crippen molar-refractivity contribution in [3.8, 4) is 0 Å². The first-order chi connectivity index (χ1) is 11.1. The molecule has 2 aromatic carbocycles. The van der Waals surface area contributed by atoms with E-state index in [1.54, 1.807) is 6.07 Å². The van der Waals surface area contributed by atoms with Crippen LogP contribution >= 0.6 is 15.9 Å². The van der Waals surface area contributed by atoms with E-state index in [2.05, 4.69) is 28.2 Å². The Bertz CT molecular complexity index is 743. The van der Waals surface area contributed by atoms with E-state index >= 15 is 0 Å². The van der Waals surface area contributed by atoms with E-state index < -0.39 is 6.04 Å². The number of aryl methyl sites for hydroxylation is 1. The van der Waals surface area contributed by atoms with Gasteiger partial charge in [0.25, 0.3) is 5.91 Å². The van der Waals surface area contributed by atoms with Crippen molar-refractivity contribution < 1.29 is 9.59 Å². The summed E-state index contributed by atoms with van der Waals surface area (Å²) in [5.74, 6) is -0.411. The van der Waals surface area contributed by atoms with Gasteiger partial charge >= 0.3 is 0 Å². The van der Waals surface area contributed by atoms with Crippen molar-refractivity contribution in [3.05, 3.63) is 58.6 Å². The van der Waals surface area contributed by atoms with Crippen molar-refractivity contribution in [1.29, 1.82) is 0 Å². The number of benzene rings is 2. The fourth-order valence-corrected chi connectivity index (χ4v) is 3.13. The Kier molecular flexibility index (Phi) is 4.48. The van der Waals surface area contributed by atoms with Crippen LogP contribution in [0.1, 0.15) is 18.9 Å². The Hall–Kier alpha value is -2.14. The van der Waals surface area contributed by atoms with Crippen LogP contribution in [0.5, 0.6) is 0 Å². The minimum absolute atomic E-state index is 0.162. The third kappa shape index (κ3) is 3.15. The lowest BCUT2D eigenvalue weighted by Crippen LogP contribution is -2.35. The molecule has 1 aliphatic rings. The first kappa shape index (κ1) is 15.7. The highest BCUT2D eigenvalue weighted by Gasteiger charge is 2.40. The summed E-state index contributed by atoms with van der Waals surface area (Å²) in [6, 6.07) is 14.6. The number of halogens is 1. The number of amides is 2. The highest BCUT2D eigenvalue weighted by Crippen LogP contribution is 2.31. The molecule has 1 saturated heterocycles. The van der Waals surface area contributed by atoms with Gasteiger partial charge in [-0.2, -0.15) is 0 Å². The minimum atomic E-state index is -0.526. The van der Waals surface area contributed by atoms with Crippen LogP contribution in [0.3, 0.4) is 0 Å². The normalized spacial score (nSPS) is 17.7. The summed E-state index contributed by atoms with van der Waals surface area (Å²) in [5.41, 5.74) is 2.68. The maximum absolute atomic E-state index is 12.6. The highest BCUT2D eigenvalue weighted by atomic mass is 79.9. The number of carbonyl (C=O) groups is 2. The molecule has 1 atom stereocenters. The molecule has 0 bridgehead atoms. The average Bonchev–Trinajstić information content (AvgIpc) is 2.83. The van der Waals surface area contributed by atoms with E-state index in [1.165, 1.54) is 10.5 Å². The van der Waals surface area contributed by atoms with Gasteiger partial charge < -0.3 is 5.32 Å². The molecule has 1 heterocycles. The van der Waals surface area contributed by atoms with Gasteiger partial charge in [0.15, 0.2) is 0 Å². The largest absolute Gasteiger partial charge is 0.373 e. The predicted molar refractivity (Wildman–Crippen MR) is 94.5 cm³/mol. The summed E-state index contributed by atoms with van der Waals surface area (Å²) in [7, 11) is 0. The second-order valence-electron chi connectivity index (χ2n) is 5.47. The molecule has 3 rings (SSSR count). The summed E-state index contributed by atoms with van der Waals surface area (Å²) in [6.45, 7) is 2.09. The van der Waals surface area contributed by atoms with Crippen molar-refractivity contribution in [3.63, 3.8) is 0 Å². The number of nitrogens with one attached hydrogen (secondary N) is 1. The number of carbonyl (C=O) groups excluding carboxylic acids is 2. The molecule has 0 spiro atoms. The molecular weight excluding hydrogens is 356 g/mol. The van der Waals surface area contributed by atoms with Crippen LogP contribution in [-0.4, -0.2) is 17.9 Å². The molecule has 1 fully saturated rings. The monoisotopic (exact) mass is 372 g/mol. The molecule has 0 saturated carbocycles. The second-order valence-corrected chi connectivity index (χ2v) is 6.32. The molecule has 0 aromatic heterocycles. The number of anilines is 2. The average molecular weight is 373 g/mol. The van der Waals surface area contributed by atoms with E-state index in [0.717, 1.165) is 16.6 Å². The molecule has 2 amide bonds. The van der Waals surface area contributed by atoms with Crippen molar-refractivity contribution in [1.82, 2.24) is 0 Å². The molecule has 4 nitrogen and oxygen atoms in total. The van der Waals surface area contributed by atoms with Gasteiger partial charge in [0.1, 0.15) is 6.04 Å². The Morgan fingerprint density at radius 3 is 2.48 bits per heavy atom. The second kappa shape index (κ2) is 6.54. The maximum Gasteiger partial charge on any atom is 0.256 e. The molecule has 23 heavy (non-hydrogen) atoms. The Balaban J connectivity index is 1.79. The lowest BCUT2D eigenvalue weighted by atomic mass is 10.1. The SMILES string of the molecule is CCc1ccc(N[C@@H]2CC(=O)N(c3ccccc3Br)C2=O)cc1. The zero-order valence-electron chi connectivity index (χ0n) is 12.8. The first-order valence-electron chi connectivity index (χ1n) is 7.57. The van der Waals surface area contributed by atoms with Crippen LogP contribution in [0.25, 0.3) is 0 Å². The standard InChI is InChI=1S/C18H17BrN2O2/c1-2-12-7-9-13(10-8-12)20-15-11-17(22)21(18(15)23)16-6-4-3-5-14(16)19/h3-10,15,20H,2,11H2,1H3/t15-/m1/s1. The van der Waals surface area contributed by atoms with E-state index in [-0.39, 0.29) is 18.2 Å². The van der Waals surface area contributed by atoms with E-state index in [0.29, 0.717) is 5.69 Å². The first-order valence-corrected chi connectivity index (χ1v) is 8.36. The van der Waals surface area contributed by atoms with Gasteiger partial charge in [0.05, 0.1) is 12.1 Å². The number of rotatable bonds is 4. The molecule has 118 valence electrons. The van der Waals surface area contributed by atoms with Gasteiger partial charge in [-0.05, 0) is 52.2 Å². The molecule has 1 N–H and O–H groups in total. The number of hydrogen-bond acceptors (Lipinski definition) is 3. The quantitative estimate of drug-likeness (QED) is 0.831. The zero-order chi connectivity index (χ0) is 16.4. The van der Waals surface area contributed by atoms with Gasteiger partial charge in [0, 0.05) is 10.2 Å². The van der Waals surface area contributed by atoms with Crippen LogP contribution in [-0.2, 0) is 16.0 Å². The van der Waals surface area contributed by atoms with Crippen molar-refractivity contribution in [2.24, 2.45) is 0 Å². The van der Waals surface area contributed by atoms with Crippen molar-refractivity contribution in [2.45, 2.75) is 25.8 Å². The fraction of sp³-hybridized carbons (Fsp3) is 0.222. The smallest absolute Gasteiger partial charge is 0.256 e. The van der Waals surface area contributed by atoms with Crippen LogP contribution in [0.15, 0.2) is 53.0 Å². The van der Waals surface area contributed by atoms with Crippen molar-refractivity contribution >= 4 is 39.1 Å². The highest BCUT2D eigenvalue weighted by molar-refractivity contribution is 9.10. The maximum atomic E-state index is 12.6. The lowest BCUT2D eigenvalue weighted by molar-refractivity contribution is -0.121. The molecule has 0 radical (unpaired) electrons. The lowest BCUT2D eigenvalue weighted by Gasteiger charge is -2.17. The topological polar surface area (TPSA) is 49.4 Å². The number of hydrogen-bond donors (Lipinski definition) is 1. The molecule has 2 aromatic rings. The van der Waals surface area contributed by atoms with E-state index in [9.17, 15) is 9.59 Å². The van der Waals surface area contributed by atoms with Crippen LogP contribution in [0.4, 0.5) is 11.4 Å². The molecular formula is C18H17BrN2O2. The van der Waals surface area contributed by atoms with Crippen LogP contribution < -0.4 is 10.2 Å². The molecule has 1 aliphatic heterocycles. The van der Waals surface area contributed by atoms with Crippen LogP contribution in [0, 0.1) is 0 Å². The summed E-state index contributed by atoms with van der Waals surface area (Å²) < 4.78 is 0.731. The number of para-hydroxylation sites is 1. The van der Waals surface area contributed by atoms with Gasteiger partial charge in [-0.3, -0.25) is 9.59 Å². The Labute approximate surface area is 143 Å².